The Labute approximate surface area is 101 Å². The number of ether oxygens (including phenoxy) is 1. The average molecular weight is 228 g/mol. The minimum atomic E-state index is 0.213. The number of fused-ring (bicyclic) bond motifs is 1. The second-order valence-electron chi connectivity index (χ2n) is 4.66. The van der Waals surface area contributed by atoms with Crippen molar-refractivity contribution >= 4 is 0 Å². The number of hydrogen-bond donors (Lipinski definition) is 0. The molecule has 0 fully saturated rings. The molecule has 1 atom stereocenters. The van der Waals surface area contributed by atoms with Crippen LogP contribution in [0.25, 0.3) is 0 Å². The van der Waals surface area contributed by atoms with E-state index in [-0.39, 0.29) is 6.10 Å². The largest absolute Gasteiger partial charge is 0.488 e. The van der Waals surface area contributed by atoms with Crippen molar-refractivity contribution in [2.24, 2.45) is 0 Å². The molecular weight excluding hydrogens is 212 g/mol. The van der Waals surface area contributed by atoms with Gasteiger partial charge in [0.25, 0.3) is 0 Å². The third kappa shape index (κ3) is 1.93. The van der Waals surface area contributed by atoms with Crippen LogP contribution < -0.4 is 4.74 Å². The Morgan fingerprint density at radius 3 is 2.88 bits per heavy atom. The van der Waals surface area contributed by atoms with Gasteiger partial charge in [-0.05, 0) is 31.5 Å². The highest BCUT2D eigenvalue weighted by Crippen LogP contribution is 2.28. The molecule has 3 rings (SSSR count). The average Bonchev–Trinajstić information content (AvgIpc) is 2.82. The Balaban J connectivity index is 1.76. The minimum Gasteiger partial charge on any atom is -0.488 e. The zero-order chi connectivity index (χ0) is 11.8. The molecule has 0 amide bonds. The first kappa shape index (κ1) is 10.4. The number of benzene rings is 1. The quantitative estimate of drug-likeness (QED) is 0.789. The lowest BCUT2D eigenvalue weighted by atomic mass is 10.1. The van der Waals surface area contributed by atoms with E-state index in [2.05, 4.69) is 30.2 Å². The highest BCUT2D eigenvalue weighted by Gasteiger charge is 2.23. The lowest BCUT2D eigenvalue weighted by molar-refractivity contribution is 0.202. The van der Waals surface area contributed by atoms with Crippen molar-refractivity contribution in [2.45, 2.75) is 32.9 Å². The number of hydrogen-bond acceptors (Lipinski definition) is 2. The molecule has 1 aromatic carbocycles. The molecule has 1 aliphatic rings. The van der Waals surface area contributed by atoms with Gasteiger partial charge in [-0.15, -0.1) is 0 Å². The van der Waals surface area contributed by atoms with Crippen LogP contribution in [0.3, 0.4) is 0 Å². The molecule has 0 spiro atoms. The molecule has 0 aliphatic carbocycles. The smallest absolute Gasteiger partial charge is 0.123 e. The third-order valence-electron chi connectivity index (χ3n) is 3.19. The Bertz CT molecular complexity index is 520. The summed E-state index contributed by atoms with van der Waals surface area (Å²) in [4.78, 5) is 0. The van der Waals surface area contributed by atoms with E-state index in [9.17, 15) is 0 Å². The predicted molar refractivity (Wildman–Crippen MR) is 66.3 cm³/mol. The molecule has 2 heterocycles. The van der Waals surface area contributed by atoms with E-state index in [0.717, 1.165) is 24.4 Å². The predicted octanol–water partition coefficient (Wildman–Crippen LogP) is 2.50. The van der Waals surface area contributed by atoms with Crippen LogP contribution >= 0.6 is 0 Å². The van der Waals surface area contributed by atoms with Gasteiger partial charge in [-0.3, -0.25) is 4.68 Å². The summed E-state index contributed by atoms with van der Waals surface area (Å²) in [6, 6.07) is 10.4. The monoisotopic (exact) mass is 228 g/mol. The van der Waals surface area contributed by atoms with Crippen molar-refractivity contribution < 1.29 is 4.74 Å². The maximum absolute atomic E-state index is 5.91. The van der Waals surface area contributed by atoms with Crippen LogP contribution in [-0.2, 0) is 13.0 Å². The fraction of sp³-hybridized carbons (Fsp3) is 0.357. The molecule has 2 aromatic rings. The second-order valence-corrected chi connectivity index (χ2v) is 4.66. The first-order chi connectivity index (χ1) is 8.22. The molecule has 1 aliphatic heterocycles. The molecule has 1 unspecified atom stereocenters. The molecule has 17 heavy (non-hydrogen) atoms. The summed E-state index contributed by atoms with van der Waals surface area (Å²) in [5.41, 5.74) is 3.57. The standard InChI is InChI=1S/C14H16N2O/c1-10-7-11(2)16(15-10)9-13-8-12-5-3-4-6-14(12)17-13/h3-7,13H,8-9H2,1-2H3. The van der Waals surface area contributed by atoms with Gasteiger partial charge in [0.15, 0.2) is 0 Å². The van der Waals surface area contributed by atoms with Crippen LogP contribution in [0, 0.1) is 13.8 Å². The molecular formula is C14H16N2O. The number of aryl methyl sites for hydroxylation is 2. The summed E-state index contributed by atoms with van der Waals surface area (Å²) >= 11 is 0. The van der Waals surface area contributed by atoms with Crippen LogP contribution in [0.2, 0.25) is 0 Å². The normalized spacial score (nSPS) is 17.9. The first-order valence-corrected chi connectivity index (χ1v) is 5.98. The molecule has 3 nitrogen and oxygen atoms in total. The van der Waals surface area contributed by atoms with Gasteiger partial charge in [-0.1, -0.05) is 18.2 Å². The molecule has 0 N–H and O–H groups in total. The molecule has 0 saturated heterocycles. The van der Waals surface area contributed by atoms with Gasteiger partial charge in [0.05, 0.1) is 12.2 Å². The van der Waals surface area contributed by atoms with Gasteiger partial charge in [-0.25, -0.2) is 0 Å². The van der Waals surface area contributed by atoms with E-state index in [4.69, 9.17) is 4.74 Å². The van der Waals surface area contributed by atoms with Crippen molar-refractivity contribution in [3.63, 3.8) is 0 Å². The maximum atomic E-state index is 5.91. The van der Waals surface area contributed by atoms with Crippen LogP contribution in [0.4, 0.5) is 0 Å². The Morgan fingerprint density at radius 1 is 1.35 bits per heavy atom. The van der Waals surface area contributed by atoms with Crippen LogP contribution in [0.15, 0.2) is 30.3 Å². The van der Waals surface area contributed by atoms with Crippen LogP contribution in [0.1, 0.15) is 17.0 Å². The zero-order valence-electron chi connectivity index (χ0n) is 10.2. The van der Waals surface area contributed by atoms with Crippen LogP contribution in [-0.4, -0.2) is 15.9 Å². The lowest BCUT2D eigenvalue weighted by Crippen LogP contribution is -2.22. The van der Waals surface area contributed by atoms with Gasteiger partial charge in [0.1, 0.15) is 11.9 Å². The van der Waals surface area contributed by atoms with Crippen molar-refractivity contribution in [1.82, 2.24) is 9.78 Å². The van der Waals surface area contributed by atoms with Crippen molar-refractivity contribution in [1.29, 1.82) is 0 Å². The van der Waals surface area contributed by atoms with E-state index in [0.29, 0.717) is 0 Å². The first-order valence-electron chi connectivity index (χ1n) is 5.98. The summed E-state index contributed by atoms with van der Waals surface area (Å²) in [6.45, 7) is 4.93. The summed E-state index contributed by atoms with van der Waals surface area (Å²) < 4.78 is 7.95. The van der Waals surface area contributed by atoms with Gasteiger partial charge >= 0.3 is 0 Å². The van der Waals surface area contributed by atoms with E-state index in [1.807, 2.05) is 23.7 Å². The van der Waals surface area contributed by atoms with E-state index < -0.39 is 0 Å². The Kier molecular flexibility index (Phi) is 2.39. The maximum Gasteiger partial charge on any atom is 0.123 e. The van der Waals surface area contributed by atoms with Crippen molar-refractivity contribution in [2.75, 3.05) is 0 Å². The molecule has 0 saturated carbocycles. The molecule has 3 heteroatoms. The Hall–Kier alpha value is -1.77. The number of aromatic nitrogens is 2. The van der Waals surface area contributed by atoms with Crippen molar-refractivity contribution in [3.8, 4) is 5.75 Å². The van der Waals surface area contributed by atoms with Gasteiger partial charge in [0.2, 0.25) is 0 Å². The topological polar surface area (TPSA) is 27.1 Å². The zero-order valence-corrected chi connectivity index (χ0v) is 10.2. The summed E-state index contributed by atoms with van der Waals surface area (Å²) in [7, 11) is 0. The molecule has 1 aromatic heterocycles. The highest BCUT2D eigenvalue weighted by atomic mass is 16.5. The summed E-state index contributed by atoms with van der Waals surface area (Å²) in [6.07, 6.45) is 1.19. The number of para-hydroxylation sites is 1. The van der Waals surface area contributed by atoms with Gasteiger partial charge in [-0.2, -0.15) is 5.10 Å². The highest BCUT2D eigenvalue weighted by molar-refractivity contribution is 5.37. The minimum absolute atomic E-state index is 0.213. The lowest BCUT2D eigenvalue weighted by Gasteiger charge is -2.11. The molecule has 88 valence electrons. The summed E-state index contributed by atoms with van der Waals surface area (Å²) in [5.74, 6) is 1.03. The molecule has 0 bridgehead atoms. The summed E-state index contributed by atoms with van der Waals surface area (Å²) in [5, 5.41) is 4.47. The van der Waals surface area contributed by atoms with Gasteiger partial charge in [0, 0.05) is 12.1 Å². The fourth-order valence-electron chi connectivity index (χ4n) is 2.41. The SMILES string of the molecule is Cc1cc(C)n(CC2Cc3ccccc3O2)n1. The van der Waals surface area contributed by atoms with Crippen LogP contribution in [0.5, 0.6) is 5.75 Å². The number of nitrogens with zero attached hydrogens (tertiary/aromatic N) is 2. The second kappa shape index (κ2) is 3.91. The number of rotatable bonds is 2. The van der Waals surface area contributed by atoms with E-state index >= 15 is 0 Å². The van der Waals surface area contributed by atoms with E-state index in [1.165, 1.54) is 11.3 Å². The van der Waals surface area contributed by atoms with Crippen molar-refractivity contribution in [3.05, 3.63) is 47.3 Å². The Morgan fingerprint density at radius 2 is 2.18 bits per heavy atom. The third-order valence-corrected chi connectivity index (χ3v) is 3.19. The molecule has 0 radical (unpaired) electrons. The van der Waals surface area contributed by atoms with Gasteiger partial charge < -0.3 is 4.74 Å². The fourth-order valence-corrected chi connectivity index (χ4v) is 2.41. The van der Waals surface area contributed by atoms with E-state index in [1.54, 1.807) is 0 Å².